The Morgan fingerprint density at radius 1 is 1.15 bits per heavy atom. The molecule has 3 rings (SSSR count). The molecular weight excluding hydrogens is 364 g/mol. The second-order valence-electron chi connectivity index (χ2n) is 6.01. The van der Waals surface area contributed by atoms with Crippen molar-refractivity contribution in [3.8, 4) is 17.3 Å². The third-order valence-corrected chi connectivity index (χ3v) is 4.93. The van der Waals surface area contributed by atoms with Crippen LogP contribution in [0.4, 0.5) is 5.69 Å². The Balaban J connectivity index is 1.77. The predicted octanol–water partition coefficient (Wildman–Crippen LogP) is 5.93. The van der Waals surface area contributed by atoms with Gasteiger partial charge in [-0.15, -0.1) is 11.3 Å². The van der Waals surface area contributed by atoms with E-state index in [0.29, 0.717) is 15.9 Å². The minimum Gasteiger partial charge on any atom is -0.277 e. The predicted molar refractivity (Wildman–Crippen MR) is 109 cm³/mol. The number of hydrogen-bond donors (Lipinski definition) is 1. The Bertz CT molecular complexity index is 951. The molecule has 0 bridgehead atoms. The maximum absolute atomic E-state index is 9.42. The summed E-state index contributed by atoms with van der Waals surface area (Å²) >= 11 is 7.30. The maximum atomic E-state index is 9.42. The molecule has 1 heterocycles. The van der Waals surface area contributed by atoms with Crippen LogP contribution in [0.2, 0.25) is 5.02 Å². The van der Waals surface area contributed by atoms with Crippen LogP contribution in [0.3, 0.4) is 0 Å². The smallest absolute Gasteiger partial charge is 0.196 e. The van der Waals surface area contributed by atoms with Gasteiger partial charge in [-0.05, 0) is 35.7 Å². The zero-order valence-electron chi connectivity index (χ0n) is 14.4. The molecule has 0 aliphatic heterocycles. The molecule has 2 aromatic carbocycles. The Morgan fingerprint density at radius 3 is 2.46 bits per heavy atom. The molecule has 0 saturated heterocycles. The van der Waals surface area contributed by atoms with Gasteiger partial charge < -0.3 is 0 Å². The topological polar surface area (TPSA) is 61.1 Å². The third kappa shape index (κ3) is 4.29. The zero-order valence-corrected chi connectivity index (χ0v) is 16.0. The molecule has 0 unspecified atom stereocenters. The minimum absolute atomic E-state index is 0.253. The number of aromatic nitrogens is 1. The van der Waals surface area contributed by atoms with Crippen LogP contribution in [0.25, 0.3) is 11.3 Å². The lowest BCUT2D eigenvalue weighted by Crippen LogP contribution is -2.01. The van der Waals surface area contributed by atoms with E-state index in [-0.39, 0.29) is 5.71 Å². The fourth-order valence-electron chi connectivity index (χ4n) is 2.32. The molecule has 26 heavy (non-hydrogen) atoms. The molecular formula is C20H17ClN4S. The quantitative estimate of drug-likeness (QED) is 0.441. The highest BCUT2D eigenvalue weighted by Gasteiger charge is 2.10. The number of halogens is 1. The highest BCUT2D eigenvalue weighted by molar-refractivity contribution is 7.12. The largest absolute Gasteiger partial charge is 0.277 e. The van der Waals surface area contributed by atoms with Gasteiger partial charge in [-0.25, -0.2) is 4.98 Å². The van der Waals surface area contributed by atoms with Gasteiger partial charge in [0.15, 0.2) is 10.7 Å². The van der Waals surface area contributed by atoms with Crippen LogP contribution in [0, 0.1) is 11.3 Å². The molecule has 6 heteroatoms. The van der Waals surface area contributed by atoms with Crippen LogP contribution in [0.5, 0.6) is 0 Å². The molecule has 0 saturated carbocycles. The second kappa shape index (κ2) is 8.13. The van der Waals surface area contributed by atoms with Crippen molar-refractivity contribution in [3.63, 3.8) is 0 Å². The van der Waals surface area contributed by atoms with Crippen LogP contribution >= 0.6 is 22.9 Å². The molecule has 0 aliphatic carbocycles. The molecule has 0 fully saturated rings. The summed E-state index contributed by atoms with van der Waals surface area (Å²) < 4.78 is 0. The summed E-state index contributed by atoms with van der Waals surface area (Å²) in [5, 5.41) is 16.8. The van der Waals surface area contributed by atoms with Gasteiger partial charge in [0.1, 0.15) is 6.07 Å². The monoisotopic (exact) mass is 380 g/mol. The zero-order chi connectivity index (χ0) is 18.5. The summed E-state index contributed by atoms with van der Waals surface area (Å²) in [6.45, 7) is 4.30. The molecule has 130 valence electrons. The van der Waals surface area contributed by atoms with Crippen molar-refractivity contribution in [1.82, 2.24) is 4.98 Å². The number of hydrazone groups is 1. The van der Waals surface area contributed by atoms with Crippen LogP contribution in [-0.2, 0) is 0 Å². The summed E-state index contributed by atoms with van der Waals surface area (Å²) in [4.78, 5) is 4.51. The second-order valence-corrected chi connectivity index (χ2v) is 7.30. The van der Waals surface area contributed by atoms with Gasteiger partial charge in [-0.2, -0.15) is 10.4 Å². The third-order valence-electron chi connectivity index (χ3n) is 3.83. The van der Waals surface area contributed by atoms with Crippen molar-refractivity contribution in [1.29, 1.82) is 5.26 Å². The van der Waals surface area contributed by atoms with E-state index in [1.807, 2.05) is 41.8 Å². The van der Waals surface area contributed by atoms with Gasteiger partial charge in [-0.1, -0.05) is 49.7 Å². The van der Waals surface area contributed by atoms with Gasteiger partial charge in [-0.3, -0.25) is 5.43 Å². The number of thiazole rings is 1. The van der Waals surface area contributed by atoms with Crippen LogP contribution < -0.4 is 5.43 Å². The minimum atomic E-state index is 0.253. The average molecular weight is 381 g/mol. The summed E-state index contributed by atoms with van der Waals surface area (Å²) in [5.41, 5.74) is 7.02. The SMILES string of the molecule is CC(C)c1ccc(N/N=C(\C#N)c2nc(-c3ccc(Cl)cc3)cs2)cc1. The molecule has 0 aliphatic rings. The fraction of sp³-hybridized carbons (Fsp3) is 0.150. The molecule has 0 amide bonds. The van der Waals surface area contributed by atoms with Gasteiger partial charge in [0.25, 0.3) is 0 Å². The van der Waals surface area contributed by atoms with Crippen LogP contribution in [0.1, 0.15) is 30.3 Å². The van der Waals surface area contributed by atoms with Crippen molar-refractivity contribution in [2.24, 2.45) is 5.10 Å². The van der Waals surface area contributed by atoms with E-state index in [1.165, 1.54) is 16.9 Å². The van der Waals surface area contributed by atoms with Crippen LogP contribution in [0.15, 0.2) is 59.0 Å². The number of benzene rings is 2. The Kier molecular flexibility index (Phi) is 5.67. The summed E-state index contributed by atoms with van der Waals surface area (Å²) in [5.74, 6) is 0.476. The van der Waals surface area contributed by atoms with Gasteiger partial charge >= 0.3 is 0 Å². The molecule has 0 atom stereocenters. The summed E-state index contributed by atoms with van der Waals surface area (Å²) in [7, 11) is 0. The molecule has 1 aromatic heterocycles. The normalized spacial score (nSPS) is 11.4. The number of hydrogen-bond acceptors (Lipinski definition) is 5. The average Bonchev–Trinajstić information content (AvgIpc) is 3.13. The van der Waals surface area contributed by atoms with E-state index < -0.39 is 0 Å². The molecule has 0 radical (unpaired) electrons. The van der Waals surface area contributed by atoms with Crippen molar-refractivity contribution < 1.29 is 0 Å². The van der Waals surface area contributed by atoms with E-state index >= 15 is 0 Å². The first-order valence-corrected chi connectivity index (χ1v) is 9.38. The van der Waals surface area contributed by atoms with Gasteiger partial charge in [0.2, 0.25) is 0 Å². The molecule has 0 spiro atoms. The van der Waals surface area contributed by atoms with Crippen molar-refractivity contribution in [2.75, 3.05) is 5.43 Å². The Labute approximate surface area is 161 Å². The Hall–Kier alpha value is -2.68. The lowest BCUT2D eigenvalue weighted by Gasteiger charge is -2.06. The summed E-state index contributed by atoms with van der Waals surface area (Å²) in [6, 6.07) is 17.6. The van der Waals surface area contributed by atoms with Gasteiger partial charge in [0, 0.05) is 16.0 Å². The van der Waals surface area contributed by atoms with Gasteiger partial charge in [0.05, 0.1) is 11.4 Å². The fourth-order valence-corrected chi connectivity index (χ4v) is 3.21. The lowest BCUT2D eigenvalue weighted by atomic mass is 10.0. The molecule has 1 N–H and O–H groups in total. The maximum Gasteiger partial charge on any atom is 0.196 e. The van der Waals surface area contributed by atoms with Crippen molar-refractivity contribution in [2.45, 2.75) is 19.8 Å². The molecule has 4 nitrogen and oxygen atoms in total. The van der Waals surface area contributed by atoms with Crippen molar-refractivity contribution >= 4 is 34.3 Å². The first kappa shape index (κ1) is 18.1. The lowest BCUT2D eigenvalue weighted by molar-refractivity contribution is 0.867. The van der Waals surface area contributed by atoms with E-state index in [1.54, 1.807) is 0 Å². The van der Waals surface area contributed by atoms with E-state index in [9.17, 15) is 5.26 Å². The van der Waals surface area contributed by atoms with Crippen LogP contribution in [-0.4, -0.2) is 10.7 Å². The standard InChI is InChI=1S/C20H17ClN4S/c1-13(2)14-5-9-17(10-6-14)24-25-18(11-22)20-23-19(12-26-20)15-3-7-16(21)8-4-15/h3-10,12-13,24H,1-2H3/b25-18+. The summed E-state index contributed by atoms with van der Waals surface area (Å²) in [6.07, 6.45) is 0. The van der Waals surface area contributed by atoms with E-state index in [2.05, 4.69) is 47.6 Å². The van der Waals surface area contributed by atoms with E-state index in [4.69, 9.17) is 11.6 Å². The number of nitrogens with zero attached hydrogens (tertiary/aromatic N) is 3. The van der Waals surface area contributed by atoms with Crippen molar-refractivity contribution in [3.05, 3.63) is 69.5 Å². The number of nitrogens with one attached hydrogen (secondary N) is 1. The highest BCUT2D eigenvalue weighted by Crippen LogP contribution is 2.24. The first-order valence-electron chi connectivity index (χ1n) is 8.12. The number of rotatable bonds is 5. The Morgan fingerprint density at radius 2 is 1.85 bits per heavy atom. The highest BCUT2D eigenvalue weighted by atomic mass is 35.5. The van der Waals surface area contributed by atoms with E-state index in [0.717, 1.165) is 16.9 Å². The first-order chi connectivity index (χ1) is 12.6. The number of anilines is 1. The molecule has 3 aromatic rings. The number of nitriles is 1.